The van der Waals surface area contributed by atoms with E-state index in [1.165, 1.54) is 0 Å². The summed E-state index contributed by atoms with van der Waals surface area (Å²) in [6, 6.07) is 7.11. The van der Waals surface area contributed by atoms with Crippen LogP contribution in [0, 0.1) is 0 Å². The lowest BCUT2D eigenvalue weighted by atomic mass is 10.3. The molecule has 112 valence electrons. The zero-order valence-electron chi connectivity index (χ0n) is 11.9. The minimum Gasteiger partial charge on any atom is -0.492 e. The lowest BCUT2D eigenvalue weighted by molar-refractivity contribution is -0.145. The van der Waals surface area contributed by atoms with Crippen LogP contribution < -0.4 is 9.47 Å². The second kappa shape index (κ2) is 7.94. The fourth-order valence-electron chi connectivity index (χ4n) is 1.66. The summed E-state index contributed by atoms with van der Waals surface area (Å²) in [6.07, 6.45) is 5.36. The smallest absolute Gasteiger partial charge is 0.344 e. The molecule has 0 atom stereocenters. The van der Waals surface area contributed by atoms with Crippen molar-refractivity contribution in [1.82, 2.24) is 9.55 Å². The van der Waals surface area contributed by atoms with E-state index in [1.807, 2.05) is 10.8 Å². The molecule has 1 heterocycles. The molecular weight excluding hydrogens is 272 g/mol. The number of ether oxygens (including phenoxy) is 3. The molecule has 0 aliphatic heterocycles. The van der Waals surface area contributed by atoms with E-state index in [2.05, 4.69) is 4.98 Å². The highest BCUT2D eigenvalue weighted by Gasteiger charge is 2.03. The van der Waals surface area contributed by atoms with E-state index < -0.39 is 0 Å². The third kappa shape index (κ3) is 5.18. The monoisotopic (exact) mass is 290 g/mol. The van der Waals surface area contributed by atoms with Crippen LogP contribution in [0.5, 0.6) is 11.5 Å². The number of benzene rings is 1. The summed E-state index contributed by atoms with van der Waals surface area (Å²) in [7, 11) is 0. The maximum atomic E-state index is 11.2. The summed E-state index contributed by atoms with van der Waals surface area (Å²) >= 11 is 0. The summed E-state index contributed by atoms with van der Waals surface area (Å²) < 4.78 is 17.6. The number of carbonyl (C=O) groups is 1. The highest BCUT2D eigenvalue weighted by Crippen LogP contribution is 2.17. The minimum atomic E-state index is -0.377. The molecule has 0 bridgehead atoms. The van der Waals surface area contributed by atoms with E-state index in [-0.39, 0.29) is 12.6 Å². The molecule has 6 heteroatoms. The Bertz CT molecular complexity index is 537. The van der Waals surface area contributed by atoms with Crippen LogP contribution in [0.1, 0.15) is 6.92 Å². The van der Waals surface area contributed by atoms with Crippen molar-refractivity contribution in [2.75, 3.05) is 19.8 Å². The molecule has 0 fully saturated rings. The fourth-order valence-corrected chi connectivity index (χ4v) is 1.66. The van der Waals surface area contributed by atoms with Gasteiger partial charge in [0.1, 0.15) is 18.1 Å². The van der Waals surface area contributed by atoms with Gasteiger partial charge in [-0.25, -0.2) is 9.78 Å². The third-order valence-corrected chi connectivity index (χ3v) is 2.66. The van der Waals surface area contributed by atoms with E-state index in [9.17, 15) is 4.79 Å². The highest BCUT2D eigenvalue weighted by molar-refractivity contribution is 5.71. The quantitative estimate of drug-likeness (QED) is 0.695. The van der Waals surface area contributed by atoms with Gasteiger partial charge in [0.15, 0.2) is 6.61 Å². The van der Waals surface area contributed by atoms with E-state index in [4.69, 9.17) is 14.2 Å². The SMILES string of the molecule is CCOC(=O)COc1ccc(OCCn2ccnc2)cc1. The average molecular weight is 290 g/mol. The second-order valence-corrected chi connectivity index (χ2v) is 4.21. The minimum absolute atomic E-state index is 0.0886. The van der Waals surface area contributed by atoms with Crippen molar-refractivity contribution in [2.24, 2.45) is 0 Å². The molecule has 0 aliphatic rings. The molecule has 0 unspecified atom stereocenters. The number of aromatic nitrogens is 2. The second-order valence-electron chi connectivity index (χ2n) is 4.21. The van der Waals surface area contributed by atoms with E-state index >= 15 is 0 Å². The van der Waals surface area contributed by atoms with Gasteiger partial charge < -0.3 is 18.8 Å². The van der Waals surface area contributed by atoms with Crippen molar-refractivity contribution >= 4 is 5.97 Å². The molecule has 2 aromatic rings. The lowest BCUT2D eigenvalue weighted by Gasteiger charge is -2.08. The molecule has 0 N–H and O–H groups in total. The Kier molecular flexibility index (Phi) is 5.63. The van der Waals surface area contributed by atoms with Crippen LogP contribution in [0.25, 0.3) is 0 Å². The summed E-state index contributed by atoms with van der Waals surface area (Å²) in [5.41, 5.74) is 0. The Labute approximate surface area is 123 Å². The fraction of sp³-hybridized carbons (Fsp3) is 0.333. The van der Waals surface area contributed by atoms with Crippen LogP contribution in [0.4, 0.5) is 0 Å². The molecule has 0 aliphatic carbocycles. The first-order valence-electron chi connectivity index (χ1n) is 6.75. The van der Waals surface area contributed by atoms with Gasteiger partial charge in [-0.3, -0.25) is 0 Å². The van der Waals surface area contributed by atoms with Crippen molar-refractivity contribution in [3.8, 4) is 11.5 Å². The Balaban J connectivity index is 1.72. The molecule has 2 rings (SSSR count). The molecule has 0 saturated carbocycles. The predicted molar refractivity (Wildman–Crippen MR) is 76.3 cm³/mol. The molecule has 6 nitrogen and oxygen atoms in total. The predicted octanol–water partition coefficient (Wildman–Crippen LogP) is 1.90. The summed E-state index contributed by atoms with van der Waals surface area (Å²) in [5, 5.41) is 0. The van der Waals surface area contributed by atoms with Crippen molar-refractivity contribution in [2.45, 2.75) is 13.5 Å². The number of nitrogens with zero attached hydrogens (tertiary/aromatic N) is 2. The molecule has 21 heavy (non-hydrogen) atoms. The van der Waals surface area contributed by atoms with Crippen LogP contribution in [-0.4, -0.2) is 35.3 Å². The number of hydrogen-bond donors (Lipinski definition) is 0. The zero-order chi connectivity index (χ0) is 14.9. The highest BCUT2D eigenvalue weighted by atomic mass is 16.6. The van der Waals surface area contributed by atoms with Crippen LogP contribution in [0.3, 0.4) is 0 Å². The van der Waals surface area contributed by atoms with Gasteiger partial charge in [0.25, 0.3) is 0 Å². The van der Waals surface area contributed by atoms with Gasteiger partial charge >= 0.3 is 5.97 Å². The van der Waals surface area contributed by atoms with Gasteiger partial charge in [-0.15, -0.1) is 0 Å². The molecule has 0 radical (unpaired) electrons. The summed E-state index contributed by atoms with van der Waals surface area (Å²) in [4.78, 5) is 15.1. The van der Waals surface area contributed by atoms with Gasteiger partial charge in [-0.2, -0.15) is 0 Å². The first kappa shape index (κ1) is 14.9. The Morgan fingerprint density at radius 1 is 1.19 bits per heavy atom. The van der Waals surface area contributed by atoms with Crippen molar-refractivity contribution in [3.63, 3.8) is 0 Å². The largest absolute Gasteiger partial charge is 0.492 e. The average Bonchev–Trinajstić information content (AvgIpc) is 3.00. The molecule has 1 aromatic heterocycles. The molecule has 1 aromatic carbocycles. The maximum Gasteiger partial charge on any atom is 0.344 e. The molecule has 0 spiro atoms. The number of esters is 1. The first-order valence-corrected chi connectivity index (χ1v) is 6.75. The number of carbonyl (C=O) groups excluding carboxylic acids is 1. The molecular formula is C15H18N2O4. The van der Waals surface area contributed by atoms with Crippen LogP contribution in [-0.2, 0) is 16.1 Å². The van der Waals surface area contributed by atoms with Gasteiger partial charge in [0.2, 0.25) is 0 Å². The van der Waals surface area contributed by atoms with Crippen LogP contribution in [0.2, 0.25) is 0 Å². The molecule has 0 saturated heterocycles. The Hall–Kier alpha value is -2.50. The van der Waals surface area contributed by atoms with Crippen molar-refractivity contribution in [3.05, 3.63) is 43.0 Å². The van der Waals surface area contributed by atoms with E-state index in [1.54, 1.807) is 43.7 Å². The number of rotatable bonds is 8. The van der Waals surface area contributed by atoms with Crippen molar-refractivity contribution in [1.29, 1.82) is 0 Å². The Morgan fingerprint density at radius 2 is 1.90 bits per heavy atom. The topological polar surface area (TPSA) is 62.6 Å². The standard InChI is InChI=1S/C15H18N2O4/c1-2-19-15(18)11-21-14-5-3-13(4-6-14)20-10-9-17-8-7-16-12-17/h3-8,12H,2,9-11H2,1H3. The Morgan fingerprint density at radius 3 is 2.52 bits per heavy atom. The van der Waals surface area contributed by atoms with E-state index in [0.717, 1.165) is 12.3 Å². The summed E-state index contributed by atoms with van der Waals surface area (Å²) in [6.45, 7) is 3.31. The van der Waals surface area contributed by atoms with Crippen LogP contribution in [0.15, 0.2) is 43.0 Å². The lowest BCUT2D eigenvalue weighted by Crippen LogP contribution is -2.14. The van der Waals surface area contributed by atoms with Gasteiger partial charge in [0, 0.05) is 12.4 Å². The zero-order valence-corrected chi connectivity index (χ0v) is 11.9. The van der Waals surface area contributed by atoms with Crippen LogP contribution >= 0.6 is 0 Å². The van der Waals surface area contributed by atoms with Gasteiger partial charge in [-0.1, -0.05) is 0 Å². The van der Waals surface area contributed by atoms with Gasteiger partial charge in [0.05, 0.1) is 19.5 Å². The normalized spacial score (nSPS) is 10.1. The third-order valence-electron chi connectivity index (χ3n) is 2.66. The van der Waals surface area contributed by atoms with Crippen molar-refractivity contribution < 1.29 is 19.0 Å². The summed E-state index contributed by atoms with van der Waals surface area (Å²) in [5.74, 6) is 0.974. The first-order chi connectivity index (χ1) is 10.3. The maximum absolute atomic E-state index is 11.2. The number of hydrogen-bond acceptors (Lipinski definition) is 5. The van der Waals surface area contributed by atoms with E-state index in [0.29, 0.717) is 19.0 Å². The number of imidazole rings is 1. The molecule has 0 amide bonds. The van der Waals surface area contributed by atoms with Gasteiger partial charge in [-0.05, 0) is 31.2 Å².